The maximum absolute atomic E-state index is 12.9. The first-order valence-electron chi connectivity index (χ1n) is 8.51. The predicted octanol–water partition coefficient (Wildman–Crippen LogP) is 2.47. The van der Waals surface area contributed by atoms with Crippen molar-refractivity contribution in [3.05, 3.63) is 33.2 Å². The molecule has 1 aliphatic heterocycles. The Labute approximate surface area is 134 Å². The summed E-state index contributed by atoms with van der Waals surface area (Å²) in [4.78, 5) is 15.3. The molecule has 2 heterocycles. The third-order valence-electron chi connectivity index (χ3n) is 4.62. The Kier molecular flexibility index (Phi) is 5.13. The van der Waals surface area contributed by atoms with E-state index in [9.17, 15) is 4.79 Å². The summed E-state index contributed by atoms with van der Waals surface area (Å²) in [5, 5.41) is 0. The molecule has 0 unspecified atom stereocenters. The van der Waals surface area contributed by atoms with E-state index in [2.05, 4.69) is 31.7 Å². The van der Waals surface area contributed by atoms with Gasteiger partial charge in [-0.25, -0.2) is 0 Å². The van der Waals surface area contributed by atoms with Crippen molar-refractivity contribution in [3.8, 4) is 0 Å². The van der Waals surface area contributed by atoms with E-state index < -0.39 is 5.54 Å². The minimum atomic E-state index is -0.597. The van der Waals surface area contributed by atoms with Crippen LogP contribution in [0.15, 0.2) is 10.9 Å². The zero-order chi connectivity index (χ0) is 16.5. The Balaban J connectivity index is 2.52. The number of fused-ring (bicyclic) bond motifs is 1. The van der Waals surface area contributed by atoms with Gasteiger partial charge in [0.2, 0.25) is 0 Å². The number of pyridine rings is 1. The van der Waals surface area contributed by atoms with Crippen LogP contribution in [-0.2, 0) is 25.0 Å². The van der Waals surface area contributed by atoms with E-state index in [-0.39, 0.29) is 5.56 Å². The van der Waals surface area contributed by atoms with Gasteiger partial charge in [0.05, 0.1) is 0 Å². The fourth-order valence-electron chi connectivity index (χ4n) is 3.13. The molecule has 1 aliphatic rings. The molecule has 124 valence electrons. The van der Waals surface area contributed by atoms with Gasteiger partial charge in [-0.05, 0) is 44.4 Å². The zero-order valence-electron chi connectivity index (χ0n) is 14.8. The molecule has 1 aromatic rings. The molecule has 0 spiro atoms. The highest BCUT2D eigenvalue weighted by molar-refractivity contribution is 5.32. The molecular weight excluding hydrogens is 274 g/mol. The summed E-state index contributed by atoms with van der Waals surface area (Å²) < 4.78 is 2.01. The summed E-state index contributed by atoms with van der Waals surface area (Å²) in [7, 11) is 0. The molecular formula is C18H31N3O. The number of nitrogens with two attached hydrogens (primary N) is 1. The fourth-order valence-corrected chi connectivity index (χ4v) is 3.13. The number of hydrogen-bond donors (Lipinski definition) is 1. The van der Waals surface area contributed by atoms with Crippen LogP contribution in [0.3, 0.4) is 0 Å². The van der Waals surface area contributed by atoms with Crippen molar-refractivity contribution >= 4 is 0 Å². The number of hydrogen-bond acceptors (Lipinski definition) is 3. The molecule has 0 fully saturated rings. The van der Waals surface area contributed by atoms with Gasteiger partial charge in [0.1, 0.15) is 0 Å². The molecule has 4 heteroatoms. The summed E-state index contributed by atoms with van der Waals surface area (Å²) in [5.74, 6) is 0.591. The van der Waals surface area contributed by atoms with E-state index in [1.807, 2.05) is 18.4 Å². The third kappa shape index (κ3) is 3.61. The lowest BCUT2D eigenvalue weighted by Crippen LogP contribution is -2.42. The summed E-state index contributed by atoms with van der Waals surface area (Å²) in [6.07, 6.45) is 1.99. The maximum atomic E-state index is 12.9. The highest BCUT2D eigenvalue weighted by atomic mass is 16.1. The van der Waals surface area contributed by atoms with Crippen LogP contribution < -0.4 is 11.3 Å². The van der Waals surface area contributed by atoms with E-state index >= 15 is 0 Å². The van der Waals surface area contributed by atoms with Crippen LogP contribution in [0, 0.1) is 5.92 Å². The van der Waals surface area contributed by atoms with Crippen molar-refractivity contribution < 1.29 is 0 Å². The van der Waals surface area contributed by atoms with E-state index in [0.717, 1.165) is 44.6 Å². The van der Waals surface area contributed by atoms with E-state index in [4.69, 9.17) is 5.73 Å². The summed E-state index contributed by atoms with van der Waals surface area (Å²) in [6.45, 7) is 14.2. The van der Waals surface area contributed by atoms with Gasteiger partial charge in [0.15, 0.2) is 0 Å². The average molecular weight is 305 g/mol. The number of rotatable bonds is 5. The Morgan fingerprint density at radius 1 is 1.36 bits per heavy atom. The highest BCUT2D eigenvalue weighted by Gasteiger charge is 2.26. The second-order valence-corrected chi connectivity index (χ2v) is 7.51. The number of nitrogens with zero attached hydrogens (tertiary/aromatic N) is 2. The van der Waals surface area contributed by atoms with Crippen LogP contribution in [0.25, 0.3) is 0 Å². The van der Waals surface area contributed by atoms with Gasteiger partial charge < -0.3 is 10.3 Å². The van der Waals surface area contributed by atoms with Crippen LogP contribution in [0.4, 0.5) is 0 Å². The normalized spacial score (nSPS) is 16.1. The zero-order valence-corrected chi connectivity index (χ0v) is 14.8. The molecule has 0 bridgehead atoms. The van der Waals surface area contributed by atoms with Crippen molar-refractivity contribution in [2.24, 2.45) is 11.7 Å². The van der Waals surface area contributed by atoms with Gasteiger partial charge in [-0.15, -0.1) is 0 Å². The van der Waals surface area contributed by atoms with E-state index in [1.54, 1.807) is 0 Å². The lowest BCUT2D eigenvalue weighted by Gasteiger charge is -2.32. The first kappa shape index (κ1) is 17.2. The van der Waals surface area contributed by atoms with Crippen molar-refractivity contribution in [2.45, 2.75) is 66.1 Å². The first-order chi connectivity index (χ1) is 10.2. The van der Waals surface area contributed by atoms with Gasteiger partial charge in [0.25, 0.3) is 5.56 Å². The second-order valence-electron chi connectivity index (χ2n) is 7.51. The second kappa shape index (κ2) is 6.55. The molecule has 2 rings (SSSR count). The molecule has 0 aliphatic carbocycles. The quantitative estimate of drug-likeness (QED) is 0.909. The topological polar surface area (TPSA) is 51.3 Å². The third-order valence-corrected chi connectivity index (χ3v) is 4.62. The van der Waals surface area contributed by atoms with Crippen LogP contribution in [0.5, 0.6) is 0 Å². The van der Waals surface area contributed by atoms with Gasteiger partial charge in [0, 0.05) is 42.9 Å². The van der Waals surface area contributed by atoms with Crippen molar-refractivity contribution in [3.63, 3.8) is 0 Å². The van der Waals surface area contributed by atoms with Gasteiger partial charge >= 0.3 is 0 Å². The largest absolute Gasteiger partial charge is 0.322 e. The summed E-state index contributed by atoms with van der Waals surface area (Å²) >= 11 is 0. The van der Waals surface area contributed by atoms with Crippen LogP contribution in [0.2, 0.25) is 0 Å². The molecule has 0 radical (unpaired) electrons. The smallest absolute Gasteiger partial charge is 0.255 e. The average Bonchev–Trinajstić information content (AvgIpc) is 2.43. The molecule has 0 saturated carbocycles. The summed E-state index contributed by atoms with van der Waals surface area (Å²) in [6, 6.07) is 2.06. The predicted molar refractivity (Wildman–Crippen MR) is 92.0 cm³/mol. The van der Waals surface area contributed by atoms with E-state index in [1.165, 1.54) is 11.3 Å². The van der Waals surface area contributed by atoms with Crippen LogP contribution in [0.1, 0.15) is 57.9 Å². The minimum absolute atomic E-state index is 0.108. The van der Waals surface area contributed by atoms with Crippen molar-refractivity contribution in [1.29, 1.82) is 0 Å². The van der Waals surface area contributed by atoms with Gasteiger partial charge in [-0.2, -0.15) is 0 Å². The Morgan fingerprint density at radius 3 is 2.59 bits per heavy atom. The van der Waals surface area contributed by atoms with Crippen molar-refractivity contribution in [1.82, 2.24) is 9.47 Å². The van der Waals surface area contributed by atoms with Crippen LogP contribution >= 0.6 is 0 Å². The number of likely N-dealkylation sites (N-methyl/N-ethyl adjacent to an activating group) is 1. The lowest BCUT2D eigenvalue weighted by atomic mass is 9.92. The Bertz CT molecular complexity index is 581. The SMILES string of the molecule is CCN1CCc2c(cc(C(C)(C)N)c(=O)n2CCC(C)C)C1. The standard InChI is InChI=1S/C18H31N3O/c1-6-20-9-8-16-14(12-20)11-15(18(4,5)19)17(22)21(16)10-7-13(2)3/h11,13H,6-10,12,19H2,1-5H3. The summed E-state index contributed by atoms with van der Waals surface area (Å²) in [5.41, 5.74) is 9.02. The lowest BCUT2D eigenvalue weighted by molar-refractivity contribution is 0.260. The molecule has 2 N–H and O–H groups in total. The van der Waals surface area contributed by atoms with E-state index in [0.29, 0.717) is 5.92 Å². The molecule has 4 nitrogen and oxygen atoms in total. The molecule has 0 aromatic carbocycles. The molecule has 22 heavy (non-hydrogen) atoms. The first-order valence-corrected chi connectivity index (χ1v) is 8.51. The maximum Gasteiger partial charge on any atom is 0.255 e. The number of aromatic nitrogens is 1. The Morgan fingerprint density at radius 2 is 2.05 bits per heavy atom. The minimum Gasteiger partial charge on any atom is -0.322 e. The van der Waals surface area contributed by atoms with Gasteiger partial charge in [-0.1, -0.05) is 20.8 Å². The molecule has 0 saturated heterocycles. The fraction of sp³-hybridized carbons (Fsp3) is 0.722. The molecule has 0 atom stereocenters. The van der Waals surface area contributed by atoms with Gasteiger partial charge in [-0.3, -0.25) is 9.69 Å². The highest BCUT2D eigenvalue weighted by Crippen LogP contribution is 2.23. The molecule has 0 amide bonds. The monoisotopic (exact) mass is 305 g/mol. The Hall–Kier alpha value is -1.13. The van der Waals surface area contributed by atoms with Crippen molar-refractivity contribution in [2.75, 3.05) is 13.1 Å². The van der Waals surface area contributed by atoms with Crippen LogP contribution in [-0.4, -0.2) is 22.6 Å². The molecule has 1 aromatic heterocycles.